The van der Waals surface area contributed by atoms with Crippen LogP contribution in [0.5, 0.6) is 0 Å². The van der Waals surface area contributed by atoms with Crippen molar-refractivity contribution in [3.8, 4) is 0 Å². The maximum Gasteiger partial charge on any atom is 0.251 e. The minimum absolute atomic E-state index is 0. The third-order valence-corrected chi connectivity index (χ3v) is 3.13. The first-order valence-electron chi connectivity index (χ1n) is 7.19. The third kappa shape index (κ3) is 6.35. The lowest BCUT2D eigenvalue weighted by Crippen LogP contribution is -2.33. The topological polar surface area (TPSA) is 81.1 Å². The number of hydrogen-bond donors (Lipinski definition) is 2. The fraction of sp³-hybridized carbons (Fsp3) is 0.400. The lowest BCUT2D eigenvalue weighted by Gasteiger charge is -2.10. The van der Waals surface area contributed by atoms with E-state index in [0.717, 1.165) is 12.1 Å². The molecule has 1 heterocycles. The van der Waals surface area contributed by atoms with Gasteiger partial charge < -0.3 is 15.4 Å². The molecule has 0 fully saturated rings. The number of hydrogen-bond acceptors (Lipinski definition) is 5. The molecule has 0 atom stereocenters. The molecule has 0 aliphatic carbocycles. The minimum Gasteiger partial charge on any atom is -0.383 e. The van der Waals surface area contributed by atoms with Crippen LogP contribution in [-0.2, 0) is 11.3 Å². The normalized spacial score (nSPS) is 10.1. The smallest absolute Gasteiger partial charge is 0.251 e. The lowest BCUT2D eigenvalue weighted by atomic mass is 10.1. The molecule has 2 aromatic rings. The maximum absolute atomic E-state index is 12.3. The molecule has 0 aliphatic heterocycles. The van der Waals surface area contributed by atoms with Crippen molar-refractivity contribution in [2.75, 3.05) is 33.4 Å². The van der Waals surface area contributed by atoms with Crippen molar-refractivity contribution in [3.63, 3.8) is 0 Å². The highest BCUT2D eigenvalue weighted by Gasteiger charge is 2.10. The first-order valence-corrected chi connectivity index (χ1v) is 7.19. The second-order valence-corrected chi connectivity index (χ2v) is 4.75. The van der Waals surface area contributed by atoms with Crippen LogP contribution in [0.25, 0.3) is 0 Å². The molecule has 2 N–H and O–H groups in total. The van der Waals surface area contributed by atoms with Crippen LogP contribution in [0.3, 0.4) is 0 Å². The van der Waals surface area contributed by atoms with Gasteiger partial charge in [-0.1, -0.05) is 18.2 Å². The van der Waals surface area contributed by atoms with Gasteiger partial charge in [0.05, 0.1) is 13.2 Å². The number of carbonyl (C=O) groups is 1. The van der Waals surface area contributed by atoms with Crippen molar-refractivity contribution in [2.24, 2.45) is 0 Å². The van der Waals surface area contributed by atoms with E-state index in [4.69, 9.17) is 4.74 Å². The van der Waals surface area contributed by atoms with Gasteiger partial charge in [0.1, 0.15) is 12.7 Å². The predicted molar refractivity (Wildman–Crippen MR) is 89.9 cm³/mol. The van der Waals surface area contributed by atoms with E-state index in [9.17, 15) is 4.79 Å². The second kappa shape index (κ2) is 10.7. The summed E-state index contributed by atoms with van der Waals surface area (Å²) in [5.74, 6) is -0.0794. The van der Waals surface area contributed by atoms with E-state index in [2.05, 4.69) is 20.7 Å². The van der Waals surface area contributed by atoms with E-state index in [1.54, 1.807) is 18.1 Å². The third-order valence-electron chi connectivity index (χ3n) is 3.13. The largest absolute Gasteiger partial charge is 0.383 e. The first kappa shape index (κ1) is 19.1. The van der Waals surface area contributed by atoms with E-state index in [1.165, 1.54) is 6.33 Å². The zero-order valence-electron chi connectivity index (χ0n) is 13.1. The summed E-state index contributed by atoms with van der Waals surface area (Å²) in [5, 5.41) is 10.2. The van der Waals surface area contributed by atoms with Crippen LogP contribution < -0.4 is 10.6 Å². The fourth-order valence-electron chi connectivity index (χ4n) is 2.03. The Hall–Kier alpha value is -1.96. The molecule has 1 amide bonds. The van der Waals surface area contributed by atoms with Gasteiger partial charge in [-0.2, -0.15) is 5.10 Å². The van der Waals surface area contributed by atoms with Gasteiger partial charge in [-0.15, -0.1) is 12.4 Å². The summed E-state index contributed by atoms with van der Waals surface area (Å²) in [4.78, 5) is 16.2. The highest BCUT2D eigenvalue weighted by Crippen LogP contribution is 2.10. The van der Waals surface area contributed by atoms with Crippen LogP contribution in [0.2, 0.25) is 0 Å². The molecule has 0 saturated carbocycles. The Bertz CT molecular complexity index is 577. The number of halogens is 1. The van der Waals surface area contributed by atoms with Gasteiger partial charge in [0.15, 0.2) is 0 Å². The van der Waals surface area contributed by atoms with Crippen LogP contribution in [0.4, 0.5) is 0 Å². The van der Waals surface area contributed by atoms with Crippen LogP contribution in [0.1, 0.15) is 15.9 Å². The zero-order chi connectivity index (χ0) is 15.6. The number of aromatic nitrogens is 3. The fourth-order valence-corrected chi connectivity index (χ4v) is 2.03. The number of nitrogens with one attached hydrogen (secondary N) is 2. The number of methoxy groups -OCH3 is 1. The van der Waals surface area contributed by atoms with Crippen molar-refractivity contribution >= 4 is 18.3 Å². The summed E-state index contributed by atoms with van der Waals surface area (Å²) in [5.41, 5.74) is 1.58. The number of nitrogens with zero attached hydrogens (tertiary/aromatic N) is 3. The number of carbonyl (C=O) groups excluding carboxylic acids is 1. The molecule has 0 saturated heterocycles. The number of benzene rings is 1. The monoisotopic (exact) mass is 339 g/mol. The highest BCUT2D eigenvalue weighted by molar-refractivity contribution is 5.95. The van der Waals surface area contributed by atoms with Crippen LogP contribution >= 0.6 is 12.4 Å². The summed E-state index contributed by atoms with van der Waals surface area (Å²) in [6, 6.07) is 7.51. The molecule has 1 aromatic heterocycles. The van der Waals surface area contributed by atoms with E-state index < -0.39 is 0 Å². The summed E-state index contributed by atoms with van der Waals surface area (Å²) in [7, 11) is 1.66. The number of amides is 1. The Morgan fingerprint density at radius 3 is 2.83 bits per heavy atom. The quantitative estimate of drug-likeness (QED) is 0.658. The molecular weight excluding hydrogens is 318 g/mol. The second-order valence-electron chi connectivity index (χ2n) is 4.75. The van der Waals surface area contributed by atoms with Gasteiger partial charge in [0.25, 0.3) is 5.91 Å². The molecule has 0 aliphatic rings. The Kier molecular flexibility index (Phi) is 8.89. The van der Waals surface area contributed by atoms with Gasteiger partial charge in [0, 0.05) is 32.3 Å². The van der Waals surface area contributed by atoms with E-state index in [-0.39, 0.29) is 18.3 Å². The predicted octanol–water partition coefficient (Wildman–Crippen LogP) is 0.714. The molecule has 2 rings (SSSR count). The van der Waals surface area contributed by atoms with Gasteiger partial charge in [-0.25, -0.2) is 9.67 Å². The van der Waals surface area contributed by atoms with Gasteiger partial charge in [0.2, 0.25) is 0 Å². The van der Waals surface area contributed by atoms with Gasteiger partial charge in [-0.05, 0) is 11.6 Å². The van der Waals surface area contributed by atoms with E-state index >= 15 is 0 Å². The van der Waals surface area contributed by atoms with Crippen LogP contribution in [0.15, 0.2) is 36.9 Å². The van der Waals surface area contributed by atoms with Crippen LogP contribution in [-0.4, -0.2) is 54.0 Å². The SMILES string of the molecule is COCCNCCNC(=O)c1ccccc1Cn1cncn1.Cl. The Balaban J connectivity index is 0.00000264. The Labute approximate surface area is 141 Å². The molecule has 0 bridgehead atoms. The number of rotatable bonds is 9. The van der Waals surface area contributed by atoms with Crippen molar-refractivity contribution in [2.45, 2.75) is 6.54 Å². The molecule has 23 heavy (non-hydrogen) atoms. The van der Waals surface area contributed by atoms with Crippen molar-refractivity contribution in [1.82, 2.24) is 25.4 Å². The summed E-state index contributed by atoms with van der Waals surface area (Å²) in [6.45, 7) is 3.24. The average molecular weight is 340 g/mol. The Morgan fingerprint density at radius 2 is 2.09 bits per heavy atom. The molecule has 0 spiro atoms. The highest BCUT2D eigenvalue weighted by atomic mass is 35.5. The maximum atomic E-state index is 12.3. The first-order chi connectivity index (χ1) is 10.8. The average Bonchev–Trinajstić information content (AvgIpc) is 3.04. The summed E-state index contributed by atoms with van der Waals surface area (Å²) in [6.07, 6.45) is 3.11. The van der Waals surface area contributed by atoms with Gasteiger partial charge in [-0.3, -0.25) is 4.79 Å². The standard InChI is InChI=1S/C15H21N5O2.ClH/c1-22-9-8-16-6-7-18-15(21)14-5-3-2-4-13(14)10-20-12-17-11-19-20;/h2-5,11-12,16H,6-10H2,1H3,(H,18,21);1H. The van der Waals surface area contributed by atoms with Gasteiger partial charge >= 0.3 is 0 Å². The van der Waals surface area contributed by atoms with E-state index in [0.29, 0.717) is 31.8 Å². The zero-order valence-corrected chi connectivity index (χ0v) is 13.9. The molecule has 1 aromatic carbocycles. The summed E-state index contributed by atoms with van der Waals surface area (Å²) < 4.78 is 6.63. The molecule has 0 unspecified atom stereocenters. The van der Waals surface area contributed by atoms with Crippen molar-refractivity contribution in [1.29, 1.82) is 0 Å². The van der Waals surface area contributed by atoms with Crippen molar-refractivity contribution < 1.29 is 9.53 Å². The molecule has 0 radical (unpaired) electrons. The van der Waals surface area contributed by atoms with Crippen molar-refractivity contribution in [3.05, 3.63) is 48.0 Å². The number of ether oxygens (including phenoxy) is 1. The lowest BCUT2D eigenvalue weighted by molar-refractivity contribution is 0.0952. The molecular formula is C15H22ClN5O2. The van der Waals surface area contributed by atoms with E-state index in [1.807, 2.05) is 24.3 Å². The summed E-state index contributed by atoms with van der Waals surface area (Å²) >= 11 is 0. The van der Waals surface area contributed by atoms with Crippen LogP contribution in [0, 0.1) is 0 Å². The minimum atomic E-state index is -0.0794. The molecule has 8 heteroatoms. The molecule has 7 nitrogen and oxygen atoms in total. The Morgan fingerprint density at radius 1 is 1.26 bits per heavy atom. The molecule has 126 valence electrons.